The molecule has 184 valence electrons. The Morgan fingerprint density at radius 3 is 2.49 bits per heavy atom. The van der Waals surface area contributed by atoms with Crippen molar-refractivity contribution in [1.82, 2.24) is 9.97 Å². The first kappa shape index (κ1) is 23.5. The van der Waals surface area contributed by atoms with Gasteiger partial charge in [-0.25, -0.2) is 18.7 Å². The van der Waals surface area contributed by atoms with Crippen LogP contribution in [0.15, 0.2) is 54.9 Å². The second-order valence-electron chi connectivity index (χ2n) is 9.33. The molecule has 5 rings (SSSR count). The van der Waals surface area contributed by atoms with Gasteiger partial charge < -0.3 is 20.3 Å². The number of hydrogen-bond donors (Lipinski definition) is 2. The minimum atomic E-state index is -3.00. The van der Waals surface area contributed by atoms with Crippen LogP contribution in [0.5, 0.6) is 0 Å². The molecule has 8 heteroatoms. The highest BCUT2D eigenvalue weighted by Crippen LogP contribution is 2.50. The van der Waals surface area contributed by atoms with E-state index in [0.29, 0.717) is 29.2 Å². The number of anilines is 5. The Labute approximate surface area is 204 Å². The Hall–Kier alpha value is -3.26. The Kier molecular flexibility index (Phi) is 6.56. The first-order chi connectivity index (χ1) is 16.9. The largest absolute Gasteiger partial charge is 0.378 e. The van der Waals surface area contributed by atoms with Crippen LogP contribution >= 0.6 is 0 Å². The lowest BCUT2D eigenvalue weighted by Gasteiger charge is -2.29. The van der Waals surface area contributed by atoms with Gasteiger partial charge in [-0.1, -0.05) is 19.9 Å². The Morgan fingerprint density at radius 2 is 1.80 bits per heavy atom. The van der Waals surface area contributed by atoms with E-state index >= 15 is 0 Å². The molecule has 3 heterocycles. The molecule has 2 aliphatic rings. The van der Waals surface area contributed by atoms with Gasteiger partial charge in [0.1, 0.15) is 11.6 Å². The summed E-state index contributed by atoms with van der Waals surface area (Å²) in [6.07, 6.45) is 3.71. The molecule has 1 aromatic carbocycles. The summed E-state index contributed by atoms with van der Waals surface area (Å²) in [5.41, 5.74) is 3.54. The first-order valence-electron chi connectivity index (χ1n) is 12.2. The van der Waals surface area contributed by atoms with E-state index in [-0.39, 0.29) is 12.0 Å². The maximum atomic E-state index is 14.7. The second kappa shape index (κ2) is 9.77. The van der Waals surface area contributed by atoms with Crippen molar-refractivity contribution < 1.29 is 13.5 Å². The Balaban J connectivity index is 1.46. The fourth-order valence-corrected chi connectivity index (χ4v) is 4.57. The van der Waals surface area contributed by atoms with Crippen molar-refractivity contribution in [2.75, 3.05) is 41.8 Å². The van der Waals surface area contributed by atoms with Crippen LogP contribution < -0.4 is 15.5 Å². The molecule has 2 atom stereocenters. The number of aromatic nitrogens is 2. The highest BCUT2D eigenvalue weighted by Gasteiger charge is 2.36. The zero-order valence-electron chi connectivity index (χ0n) is 20.1. The van der Waals surface area contributed by atoms with E-state index in [2.05, 4.69) is 50.6 Å². The van der Waals surface area contributed by atoms with Crippen LogP contribution in [-0.4, -0.2) is 36.3 Å². The maximum absolute atomic E-state index is 14.7. The van der Waals surface area contributed by atoms with Crippen LogP contribution in [0.3, 0.4) is 0 Å². The fraction of sp³-hybridized carbons (Fsp3) is 0.407. The summed E-state index contributed by atoms with van der Waals surface area (Å²) in [7, 11) is 0. The average molecular weight is 480 g/mol. The third-order valence-corrected chi connectivity index (χ3v) is 6.85. The summed E-state index contributed by atoms with van der Waals surface area (Å²) in [5.74, 6) is -0.895. The predicted molar refractivity (Wildman–Crippen MR) is 135 cm³/mol. The molecule has 0 radical (unpaired) electrons. The van der Waals surface area contributed by atoms with E-state index < -0.39 is 5.92 Å². The van der Waals surface area contributed by atoms with Crippen LogP contribution in [0.4, 0.5) is 37.5 Å². The Bertz CT molecular complexity index is 1170. The summed E-state index contributed by atoms with van der Waals surface area (Å²) >= 11 is 0. The summed E-state index contributed by atoms with van der Waals surface area (Å²) in [4.78, 5) is 10.9. The van der Waals surface area contributed by atoms with Gasteiger partial charge in [-0.15, -0.1) is 0 Å². The second-order valence-corrected chi connectivity index (χ2v) is 9.33. The molecule has 2 N–H and O–H groups in total. The molecule has 1 aliphatic carbocycles. The van der Waals surface area contributed by atoms with Crippen molar-refractivity contribution in [2.45, 2.75) is 38.5 Å². The standard InChI is InChI=1S/C27H31F2N5O/c1-3-27(28,29)22-17-31-26(16-24(22)33-25-6-4-5-9-30-25)32-23-8-7-19(34-10-12-35-13-11-34)15-21(23)20-14-18(20)2/h4-9,15-18,20H,3,10-14H2,1-2H3,(H2,30,31,32,33). The molecule has 0 spiro atoms. The minimum Gasteiger partial charge on any atom is -0.378 e. The topological polar surface area (TPSA) is 62.3 Å². The molecule has 1 saturated heterocycles. The van der Waals surface area contributed by atoms with Gasteiger partial charge in [-0.2, -0.15) is 0 Å². The average Bonchev–Trinajstić information content (AvgIpc) is 3.61. The summed E-state index contributed by atoms with van der Waals surface area (Å²) in [6, 6.07) is 13.4. The smallest absolute Gasteiger partial charge is 0.276 e. The number of morpholine rings is 1. The lowest BCUT2D eigenvalue weighted by Crippen LogP contribution is -2.36. The normalized spacial score (nSPS) is 19.9. The van der Waals surface area contributed by atoms with Gasteiger partial charge in [-0.3, -0.25) is 0 Å². The number of alkyl halides is 2. The molecule has 1 aliphatic heterocycles. The number of halogens is 2. The molecule has 35 heavy (non-hydrogen) atoms. The van der Waals surface area contributed by atoms with Crippen molar-refractivity contribution in [3.63, 3.8) is 0 Å². The molecule has 2 aromatic heterocycles. The van der Waals surface area contributed by atoms with Crippen molar-refractivity contribution in [3.05, 3.63) is 66.0 Å². The van der Waals surface area contributed by atoms with Crippen LogP contribution in [-0.2, 0) is 10.7 Å². The summed E-state index contributed by atoms with van der Waals surface area (Å²) < 4.78 is 34.9. The number of hydrogen-bond acceptors (Lipinski definition) is 6. The molecular formula is C27H31F2N5O. The molecular weight excluding hydrogens is 448 g/mol. The molecule has 6 nitrogen and oxygen atoms in total. The van der Waals surface area contributed by atoms with E-state index in [0.717, 1.165) is 38.4 Å². The summed E-state index contributed by atoms with van der Waals surface area (Å²) in [5, 5.41) is 6.47. The number of pyridine rings is 2. The molecule has 1 saturated carbocycles. The van der Waals surface area contributed by atoms with Gasteiger partial charge in [0, 0.05) is 49.3 Å². The Morgan fingerprint density at radius 1 is 1.03 bits per heavy atom. The SMILES string of the molecule is CCC(F)(F)c1cnc(Nc2ccc(N3CCOCC3)cc2C2CC2C)cc1Nc1ccccn1. The van der Waals surface area contributed by atoms with Crippen LogP contribution in [0.1, 0.15) is 43.7 Å². The van der Waals surface area contributed by atoms with Gasteiger partial charge in [0.2, 0.25) is 0 Å². The van der Waals surface area contributed by atoms with Crippen molar-refractivity contribution in [1.29, 1.82) is 0 Å². The monoisotopic (exact) mass is 479 g/mol. The number of rotatable bonds is 8. The zero-order valence-corrected chi connectivity index (χ0v) is 20.1. The highest BCUT2D eigenvalue weighted by molar-refractivity contribution is 5.71. The molecule has 2 unspecified atom stereocenters. The van der Waals surface area contributed by atoms with Gasteiger partial charge in [0.15, 0.2) is 0 Å². The maximum Gasteiger partial charge on any atom is 0.276 e. The van der Waals surface area contributed by atoms with E-state index in [1.807, 2.05) is 6.07 Å². The lowest BCUT2D eigenvalue weighted by atomic mass is 10.0. The fourth-order valence-electron chi connectivity index (χ4n) is 4.57. The highest BCUT2D eigenvalue weighted by atomic mass is 19.3. The van der Waals surface area contributed by atoms with Gasteiger partial charge in [0.25, 0.3) is 5.92 Å². The third kappa shape index (κ3) is 5.22. The van der Waals surface area contributed by atoms with Gasteiger partial charge in [-0.05, 0) is 54.2 Å². The van der Waals surface area contributed by atoms with E-state index in [1.165, 1.54) is 24.4 Å². The number of nitrogens with zero attached hydrogens (tertiary/aromatic N) is 3. The molecule has 3 aromatic rings. The zero-order chi connectivity index (χ0) is 24.4. The van der Waals surface area contributed by atoms with E-state index in [1.54, 1.807) is 24.4 Å². The molecule has 0 amide bonds. The van der Waals surface area contributed by atoms with Crippen molar-refractivity contribution in [2.24, 2.45) is 5.92 Å². The predicted octanol–water partition coefficient (Wildman–Crippen LogP) is 6.43. The number of ether oxygens (including phenoxy) is 1. The number of nitrogens with one attached hydrogen (secondary N) is 2. The first-order valence-corrected chi connectivity index (χ1v) is 12.2. The minimum absolute atomic E-state index is 0.144. The number of benzene rings is 1. The molecule has 2 fully saturated rings. The van der Waals surface area contributed by atoms with E-state index in [9.17, 15) is 8.78 Å². The van der Waals surface area contributed by atoms with Crippen LogP contribution in [0, 0.1) is 5.92 Å². The van der Waals surface area contributed by atoms with Crippen LogP contribution in [0.2, 0.25) is 0 Å². The molecule has 0 bridgehead atoms. The summed E-state index contributed by atoms with van der Waals surface area (Å²) in [6.45, 7) is 6.95. The van der Waals surface area contributed by atoms with Crippen molar-refractivity contribution in [3.8, 4) is 0 Å². The third-order valence-electron chi connectivity index (χ3n) is 6.85. The van der Waals surface area contributed by atoms with Crippen LogP contribution in [0.25, 0.3) is 0 Å². The van der Waals surface area contributed by atoms with Crippen molar-refractivity contribution >= 4 is 28.7 Å². The van der Waals surface area contributed by atoms with Gasteiger partial charge in [0.05, 0.1) is 24.5 Å². The lowest BCUT2D eigenvalue weighted by molar-refractivity contribution is -0.00781. The quantitative estimate of drug-likeness (QED) is 0.388. The van der Waals surface area contributed by atoms with E-state index in [4.69, 9.17) is 4.74 Å². The van der Waals surface area contributed by atoms with Gasteiger partial charge >= 0.3 is 0 Å².